The molecule has 0 saturated carbocycles. The molecule has 0 aliphatic rings. The molecule has 0 aliphatic heterocycles. The Balaban J connectivity index is 2.10. The van der Waals surface area contributed by atoms with Crippen LogP contribution >= 0.6 is 11.6 Å². The second-order valence-electron chi connectivity index (χ2n) is 10.0. The first-order chi connectivity index (χ1) is 20.6. The van der Waals surface area contributed by atoms with Crippen LogP contribution in [0.15, 0.2) is 71.6 Å². The van der Waals surface area contributed by atoms with Gasteiger partial charge in [-0.3, -0.25) is 13.9 Å². The molecule has 2 amide bonds. The normalized spacial score (nSPS) is 11.9. The van der Waals surface area contributed by atoms with Crippen molar-refractivity contribution in [2.45, 2.75) is 57.5 Å². The third kappa shape index (κ3) is 8.42. The topological polar surface area (TPSA) is 105 Å². The lowest BCUT2D eigenvalue weighted by atomic mass is 10.1. The average molecular weight is 630 g/mol. The Labute approximate surface area is 259 Å². The van der Waals surface area contributed by atoms with Crippen molar-refractivity contribution in [1.29, 1.82) is 0 Å². The van der Waals surface area contributed by atoms with Crippen LogP contribution in [-0.4, -0.2) is 58.5 Å². The minimum atomic E-state index is -4.23. The van der Waals surface area contributed by atoms with E-state index in [1.807, 2.05) is 20.8 Å². The average Bonchev–Trinajstić information content (AvgIpc) is 3.00. The molecule has 0 unspecified atom stereocenters. The summed E-state index contributed by atoms with van der Waals surface area (Å²) >= 11 is 6.46. The fraction of sp³-hybridized carbons (Fsp3) is 0.375. The summed E-state index contributed by atoms with van der Waals surface area (Å²) in [7, 11) is -1.31. The van der Waals surface area contributed by atoms with Gasteiger partial charge in [0.05, 0.1) is 24.8 Å². The van der Waals surface area contributed by atoms with Crippen LogP contribution in [0.1, 0.15) is 44.2 Å². The Morgan fingerprint density at radius 1 is 0.953 bits per heavy atom. The summed E-state index contributed by atoms with van der Waals surface area (Å²) in [4.78, 5) is 29.0. The largest absolute Gasteiger partial charge is 0.493 e. The number of nitrogens with one attached hydrogen (secondary N) is 1. The molecule has 1 atom stereocenters. The Morgan fingerprint density at radius 3 is 2.23 bits per heavy atom. The lowest BCUT2D eigenvalue weighted by molar-refractivity contribution is -0.140. The zero-order valence-electron chi connectivity index (χ0n) is 25.3. The fourth-order valence-corrected chi connectivity index (χ4v) is 6.18. The molecule has 3 rings (SSSR count). The highest BCUT2D eigenvalue weighted by molar-refractivity contribution is 7.92. The van der Waals surface area contributed by atoms with Crippen molar-refractivity contribution in [3.63, 3.8) is 0 Å². The van der Waals surface area contributed by atoms with Gasteiger partial charge in [-0.05, 0) is 55.7 Å². The number of amides is 2. The molecular formula is C32H40ClN3O6S. The molecule has 0 aliphatic carbocycles. The van der Waals surface area contributed by atoms with Crippen molar-refractivity contribution in [2.75, 3.05) is 31.6 Å². The van der Waals surface area contributed by atoms with Crippen molar-refractivity contribution in [3.8, 4) is 11.5 Å². The summed E-state index contributed by atoms with van der Waals surface area (Å²) in [6.07, 6.45) is 2.01. The lowest BCUT2D eigenvalue weighted by Gasteiger charge is -2.33. The lowest BCUT2D eigenvalue weighted by Crippen LogP contribution is -2.52. The standard InChI is InChI=1S/C32H40ClN3O6S/c1-6-8-19-34-32(38)28(7-2)35(21-24-11-9-10-12-27(24)33)31(37)22-36(25-15-18-29(41-4)30(20-25)42-5)43(39,40)26-16-13-23(3)14-17-26/h9-18,20,28H,6-8,19,21-22H2,1-5H3,(H,34,38)/t28-/m0/s1. The highest BCUT2D eigenvalue weighted by Crippen LogP contribution is 2.34. The van der Waals surface area contributed by atoms with E-state index >= 15 is 0 Å². The molecule has 43 heavy (non-hydrogen) atoms. The summed E-state index contributed by atoms with van der Waals surface area (Å²) in [5.41, 5.74) is 1.72. The van der Waals surface area contributed by atoms with E-state index in [9.17, 15) is 18.0 Å². The Hall–Kier alpha value is -3.76. The van der Waals surface area contributed by atoms with E-state index in [-0.39, 0.29) is 23.0 Å². The summed E-state index contributed by atoms with van der Waals surface area (Å²) in [5.74, 6) is -0.176. The fourth-order valence-electron chi connectivity index (χ4n) is 4.58. The van der Waals surface area contributed by atoms with Crippen molar-refractivity contribution in [3.05, 3.63) is 82.9 Å². The van der Waals surface area contributed by atoms with Gasteiger partial charge in [0.1, 0.15) is 12.6 Å². The molecule has 0 aromatic heterocycles. The van der Waals surface area contributed by atoms with Gasteiger partial charge in [0.15, 0.2) is 11.5 Å². The molecule has 0 heterocycles. The van der Waals surface area contributed by atoms with Gasteiger partial charge in [-0.25, -0.2) is 8.42 Å². The second kappa shape index (κ2) is 15.6. The number of unbranched alkanes of at least 4 members (excludes halogenated alkanes) is 1. The van der Waals surface area contributed by atoms with Crippen LogP contribution in [0.25, 0.3) is 0 Å². The smallest absolute Gasteiger partial charge is 0.264 e. The van der Waals surface area contributed by atoms with Crippen LogP contribution < -0.4 is 19.1 Å². The predicted molar refractivity (Wildman–Crippen MR) is 169 cm³/mol. The van der Waals surface area contributed by atoms with E-state index in [0.29, 0.717) is 35.1 Å². The van der Waals surface area contributed by atoms with Crippen LogP contribution in [0.3, 0.4) is 0 Å². The molecule has 0 radical (unpaired) electrons. The highest BCUT2D eigenvalue weighted by atomic mass is 35.5. The third-order valence-electron chi connectivity index (χ3n) is 7.06. The summed E-state index contributed by atoms with van der Waals surface area (Å²) in [6, 6.07) is 17.2. The predicted octanol–water partition coefficient (Wildman–Crippen LogP) is 5.58. The molecular weight excluding hydrogens is 590 g/mol. The number of halogens is 1. The number of carbonyl (C=O) groups is 2. The maximum Gasteiger partial charge on any atom is 0.264 e. The van der Waals surface area contributed by atoms with Gasteiger partial charge in [0.2, 0.25) is 11.8 Å². The van der Waals surface area contributed by atoms with Crippen LogP contribution in [0.5, 0.6) is 11.5 Å². The van der Waals surface area contributed by atoms with Crippen LogP contribution in [0, 0.1) is 6.92 Å². The summed E-state index contributed by atoms with van der Waals surface area (Å²) < 4.78 is 40.0. The number of ether oxygens (including phenoxy) is 2. The second-order valence-corrected chi connectivity index (χ2v) is 12.3. The quantitative estimate of drug-likeness (QED) is 0.220. The molecule has 0 fully saturated rings. The number of anilines is 1. The number of nitrogens with zero attached hydrogens (tertiary/aromatic N) is 2. The zero-order valence-corrected chi connectivity index (χ0v) is 26.9. The first-order valence-electron chi connectivity index (χ1n) is 14.2. The molecule has 9 nitrogen and oxygen atoms in total. The van der Waals surface area contributed by atoms with Gasteiger partial charge < -0.3 is 19.7 Å². The Morgan fingerprint density at radius 2 is 1.63 bits per heavy atom. The number of methoxy groups -OCH3 is 2. The number of benzene rings is 3. The zero-order chi connectivity index (χ0) is 31.6. The third-order valence-corrected chi connectivity index (χ3v) is 9.21. The Kier molecular flexibility index (Phi) is 12.3. The molecule has 0 bridgehead atoms. The summed E-state index contributed by atoms with van der Waals surface area (Å²) in [5, 5.41) is 3.35. The van der Waals surface area contributed by atoms with Gasteiger partial charge in [0.25, 0.3) is 10.0 Å². The molecule has 3 aromatic carbocycles. The van der Waals surface area contributed by atoms with Crippen molar-refractivity contribution < 1.29 is 27.5 Å². The van der Waals surface area contributed by atoms with E-state index < -0.39 is 28.5 Å². The van der Waals surface area contributed by atoms with E-state index in [4.69, 9.17) is 21.1 Å². The number of sulfonamides is 1. The van der Waals surface area contributed by atoms with Gasteiger partial charge in [-0.1, -0.05) is 67.8 Å². The SMILES string of the molecule is CCCCNC(=O)[C@H](CC)N(Cc1ccccc1Cl)C(=O)CN(c1ccc(OC)c(OC)c1)S(=O)(=O)c1ccc(C)cc1. The van der Waals surface area contributed by atoms with E-state index in [1.165, 1.54) is 37.3 Å². The van der Waals surface area contributed by atoms with E-state index in [1.54, 1.807) is 48.5 Å². The van der Waals surface area contributed by atoms with E-state index in [2.05, 4.69) is 5.32 Å². The number of hydrogen-bond acceptors (Lipinski definition) is 6. The Bertz CT molecular complexity index is 1500. The number of aryl methyl sites for hydroxylation is 1. The maximum atomic E-state index is 14.2. The van der Waals surface area contributed by atoms with Crippen molar-refractivity contribution >= 4 is 39.1 Å². The number of carbonyl (C=O) groups excluding carboxylic acids is 2. The van der Waals surface area contributed by atoms with Gasteiger partial charge >= 0.3 is 0 Å². The molecule has 232 valence electrons. The van der Waals surface area contributed by atoms with Gasteiger partial charge in [0, 0.05) is 24.2 Å². The summed E-state index contributed by atoms with van der Waals surface area (Å²) in [6.45, 7) is 5.60. The van der Waals surface area contributed by atoms with Crippen LogP contribution in [0.2, 0.25) is 5.02 Å². The van der Waals surface area contributed by atoms with Gasteiger partial charge in [-0.15, -0.1) is 0 Å². The minimum absolute atomic E-state index is 0.0164. The van der Waals surface area contributed by atoms with E-state index in [0.717, 1.165) is 22.7 Å². The molecule has 0 saturated heterocycles. The molecule has 11 heteroatoms. The molecule has 3 aromatic rings. The molecule has 1 N–H and O–H groups in total. The number of hydrogen-bond donors (Lipinski definition) is 1. The van der Waals surface area contributed by atoms with Crippen molar-refractivity contribution in [2.24, 2.45) is 0 Å². The van der Waals surface area contributed by atoms with Crippen LogP contribution in [-0.2, 0) is 26.2 Å². The molecule has 0 spiro atoms. The highest BCUT2D eigenvalue weighted by Gasteiger charge is 2.34. The maximum absolute atomic E-state index is 14.2. The monoisotopic (exact) mass is 629 g/mol. The van der Waals surface area contributed by atoms with Crippen LogP contribution in [0.4, 0.5) is 5.69 Å². The minimum Gasteiger partial charge on any atom is -0.493 e. The first-order valence-corrected chi connectivity index (χ1v) is 16.0. The van der Waals surface area contributed by atoms with Gasteiger partial charge in [-0.2, -0.15) is 0 Å². The van der Waals surface area contributed by atoms with Crippen molar-refractivity contribution in [1.82, 2.24) is 10.2 Å². The first kappa shape index (κ1) is 33.7. The number of rotatable bonds is 15.